The van der Waals surface area contributed by atoms with Crippen LogP contribution in [0.25, 0.3) is 0 Å². The Morgan fingerprint density at radius 2 is 2.28 bits per heavy atom. The van der Waals surface area contributed by atoms with Crippen LogP contribution in [0.1, 0.15) is 25.5 Å². The number of hydrogen-bond acceptors (Lipinski definition) is 3. The van der Waals surface area contributed by atoms with Crippen molar-refractivity contribution in [3.05, 3.63) is 23.9 Å². The van der Waals surface area contributed by atoms with E-state index in [0.29, 0.717) is 11.9 Å². The Morgan fingerprint density at radius 1 is 1.50 bits per heavy atom. The molecule has 2 atom stereocenters. The third-order valence-electron chi connectivity index (χ3n) is 3.13. The van der Waals surface area contributed by atoms with E-state index in [9.17, 15) is 4.79 Å². The molecule has 0 saturated carbocycles. The van der Waals surface area contributed by atoms with Crippen molar-refractivity contribution in [2.24, 2.45) is 5.92 Å². The van der Waals surface area contributed by atoms with Crippen LogP contribution < -0.4 is 10.6 Å². The van der Waals surface area contributed by atoms with E-state index in [4.69, 9.17) is 0 Å². The maximum absolute atomic E-state index is 12.0. The van der Waals surface area contributed by atoms with Crippen LogP contribution in [0.15, 0.2) is 18.2 Å². The molecule has 18 heavy (non-hydrogen) atoms. The molecule has 0 aromatic carbocycles. The Labute approximate surface area is 114 Å². The van der Waals surface area contributed by atoms with Crippen LogP contribution in [-0.2, 0) is 4.79 Å². The number of aromatic nitrogens is 1. The molecule has 1 aliphatic rings. The average Bonchev–Trinajstić information content (AvgIpc) is 2.29. The van der Waals surface area contributed by atoms with Crippen LogP contribution in [0.2, 0.25) is 0 Å². The molecule has 0 aliphatic carbocycles. The van der Waals surface area contributed by atoms with Crippen molar-refractivity contribution in [2.75, 3.05) is 11.9 Å². The highest BCUT2D eigenvalue weighted by Crippen LogP contribution is 2.18. The summed E-state index contributed by atoms with van der Waals surface area (Å²) in [5.41, 5.74) is 0.918. The molecule has 1 aromatic heterocycles. The number of aryl methyl sites for hydroxylation is 1. The maximum Gasteiger partial charge on any atom is 0.228 e. The zero-order valence-electron chi connectivity index (χ0n) is 10.8. The highest BCUT2D eigenvalue weighted by molar-refractivity contribution is 5.91. The lowest BCUT2D eigenvalue weighted by Gasteiger charge is -2.26. The number of amides is 1. The summed E-state index contributed by atoms with van der Waals surface area (Å²) < 4.78 is 0. The number of halogens is 1. The molecule has 0 radical (unpaired) electrons. The molecule has 1 saturated heterocycles. The van der Waals surface area contributed by atoms with Gasteiger partial charge in [0.05, 0.1) is 0 Å². The molecule has 1 amide bonds. The van der Waals surface area contributed by atoms with Gasteiger partial charge in [-0.25, -0.2) is 4.98 Å². The molecular weight excluding hydrogens is 250 g/mol. The number of nitrogens with zero attached hydrogens (tertiary/aromatic N) is 1. The van der Waals surface area contributed by atoms with Gasteiger partial charge in [-0.1, -0.05) is 6.07 Å². The smallest absolute Gasteiger partial charge is 0.228 e. The highest BCUT2D eigenvalue weighted by Gasteiger charge is 2.24. The second-order valence-corrected chi connectivity index (χ2v) is 4.73. The number of hydrogen-bond donors (Lipinski definition) is 2. The van der Waals surface area contributed by atoms with E-state index in [1.807, 2.05) is 25.1 Å². The fourth-order valence-corrected chi connectivity index (χ4v) is 2.21. The number of rotatable bonds is 2. The van der Waals surface area contributed by atoms with E-state index in [0.717, 1.165) is 25.1 Å². The quantitative estimate of drug-likeness (QED) is 0.865. The molecule has 0 spiro atoms. The van der Waals surface area contributed by atoms with E-state index in [1.54, 1.807) is 0 Å². The van der Waals surface area contributed by atoms with Crippen LogP contribution in [0.4, 0.5) is 5.82 Å². The summed E-state index contributed by atoms with van der Waals surface area (Å²) >= 11 is 0. The van der Waals surface area contributed by atoms with Gasteiger partial charge in [0.25, 0.3) is 0 Å². The van der Waals surface area contributed by atoms with Crippen molar-refractivity contribution in [3.8, 4) is 0 Å². The number of carbonyl (C=O) groups excluding carboxylic acids is 1. The van der Waals surface area contributed by atoms with Gasteiger partial charge in [0.1, 0.15) is 5.82 Å². The van der Waals surface area contributed by atoms with Gasteiger partial charge in [-0.3, -0.25) is 4.79 Å². The fraction of sp³-hybridized carbons (Fsp3) is 0.538. The van der Waals surface area contributed by atoms with Gasteiger partial charge in [-0.2, -0.15) is 0 Å². The van der Waals surface area contributed by atoms with E-state index in [-0.39, 0.29) is 24.2 Å². The van der Waals surface area contributed by atoms with Crippen LogP contribution in [-0.4, -0.2) is 23.5 Å². The van der Waals surface area contributed by atoms with Gasteiger partial charge in [-0.15, -0.1) is 12.4 Å². The second-order valence-electron chi connectivity index (χ2n) is 4.73. The largest absolute Gasteiger partial charge is 0.314 e. The Kier molecular flexibility index (Phi) is 5.56. The molecule has 100 valence electrons. The first-order chi connectivity index (χ1) is 8.15. The standard InChI is InChI=1S/C13H19N3O.ClH/c1-9-4-3-5-12(15-9)16-13(17)11-6-7-14-10(2)8-11;/h3-5,10-11,14H,6-8H2,1-2H3,(H,15,16,17);1H/t10-,11-;/m0./s1. The molecule has 0 unspecified atom stereocenters. The van der Waals surface area contributed by atoms with Crippen molar-refractivity contribution in [1.29, 1.82) is 0 Å². The SMILES string of the molecule is Cc1cccc(NC(=O)[C@H]2CCN[C@@H](C)C2)n1.Cl. The predicted octanol–water partition coefficient (Wildman–Crippen LogP) is 2.14. The lowest BCUT2D eigenvalue weighted by molar-refractivity contribution is -0.120. The third kappa shape index (κ3) is 3.96. The maximum atomic E-state index is 12.0. The molecule has 1 aliphatic heterocycles. The van der Waals surface area contributed by atoms with E-state index in [1.165, 1.54) is 0 Å². The summed E-state index contributed by atoms with van der Waals surface area (Å²) in [5, 5.41) is 6.24. The zero-order chi connectivity index (χ0) is 12.3. The number of anilines is 1. The van der Waals surface area contributed by atoms with Gasteiger partial charge in [0.15, 0.2) is 0 Å². The molecule has 2 heterocycles. The molecule has 1 aromatic rings. The summed E-state index contributed by atoms with van der Waals surface area (Å²) in [6, 6.07) is 6.07. The average molecular weight is 270 g/mol. The summed E-state index contributed by atoms with van der Waals surface area (Å²) in [6.45, 7) is 4.95. The first-order valence-electron chi connectivity index (χ1n) is 6.13. The number of piperidine rings is 1. The van der Waals surface area contributed by atoms with Gasteiger partial charge < -0.3 is 10.6 Å². The van der Waals surface area contributed by atoms with E-state index in [2.05, 4.69) is 22.5 Å². The summed E-state index contributed by atoms with van der Waals surface area (Å²) in [6.07, 6.45) is 1.81. The summed E-state index contributed by atoms with van der Waals surface area (Å²) in [4.78, 5) is 16.3. The second kappa shape index (κ2) is 6.71. The van der Waals surface area contributed by atoms with Crippen molar-refractivity contribution >= 4 is 24.1 Å². The molecule has 4 nitrogen and oxygen atoms in total. The normalized spacial score (nSPS) is 23.0. The van der Waals surface area contributed by atoms with Crippen molar-refractivity contribution in [3.63, 3.8) is 0 Å². The first kappa shape index (κ1) is 14.9. The molecule has 5 heteroatoms. The highest BCUT2D eigenvalue weighted by atomic mass is 35.5. The van der Waals surface area contributed by atoms with Crippen LogP contribution in [0.5, 0.6) is 0 Å². The lowest BCUT2D eigenvalue weighted by atomic mass is 9.92. The molecule has 2 rings (SSSR count). The summed E-state index contributed by atoms with van der Waals surface area (Å²) in [5.74, 6) is 0.853. The monoisotopic (exact) mass is 269 g/mol. The van der Waals surface area contributed by atoms with E-state index >= 15 is 0 Å². The van der Waals surface area contributed by atoms with Gasteiger partial charge >= 0.3 is 0 Å². The minimum Gasteiger partial charge on any atom is -0.314 e. The van der Waals surface area contributed by atoms with Crippen molar-refractivity contribution < 1.29 is 4.79 Å². The molecular formula is C13H20ClN3O. The predicted molar refractivity (Wildman–Crippen MR) is 75.0 cm³/mol. The summed E-state index contributed by atoms with van der Waals surface area (Å²) in [7, 11) is 0. The number of nitrogens with one attached hydrogen (secondary N) is 2. The Hall–Kier alpha value is -1.13. The van der Waals surface area contributed by atoms with Crippen molar-refractivity contribution in [2.45, 2.75) is 32.7 Å². The third-order valence-corrected chi connectivity index (χ3v) is 3.13. The first-order valence-corrected chi connectivity index (χ1v) is 6.13. The van der Waals surface area contributed by atoms with Gasteiger partial charge in [0, 0.05) is 17.7 Å². The van der Waals surface area contributed by atoms with Crippen LogP contribution in [0.3, 0.4) is 0 Å². The Morgan fingerprint density at radius 3 is 2.94 bits per heavy atom. The van der Waals surface area contributed by atoms with Crippen LogP contribution in [0, 0.1) is 12.8 Å². The Bertz CT molecular complexity index is 411. The van der Waals surface area contributed by atoms with Crippen LogP contribution >= 0.6 is 12.4 Å². The van der Waals surface area contributed by atoms with Crippen molar-refractivity contribution in [1.82, 2.24) is 10.3 Å². The number of carbonyl (C=O) groups is 1. The van der Waals surface area contributed by atoms with Gasteiger partial charge in [0.2, 0.25) is 5.91 Å². The molecule has 0 bridgehead atoms. The Balaban J connectivity index is 0.00000162. The van der Waals surface area contributed by atoms with Gasteiger partial charge in [-0.05, 0) is 45.4 Å². The zero-order valence-corrected chi connectivity index (χ0v) is 11.6. The lowest BCUT2D eigenvalue weighted by Crippen LogP contribution is -2.40. The molecule has 1 fully saturated rings. The topological polar surface area (TPSA) is 54.0 Å². The van der Waals surface area contributed by atoms with E-state index < -0.39 is 0 Å². The number of pyridine rings is 1. The minimum atomic E-state index is 0. The molecule has 2 N–H and O–H groups in total. The minimum absolute atomic E-state index is 0. The fourth-order valence-electron chi connectivity index (χ4n) is 2.21.